The molecule has 5 rings (SSSR count). The molecule has 8 nitrogen and oxygen atoms in total. The minimum atomic E-state index is 0.197. The van der Waals surface area contributed by atoms with E-state index in [0.29, 0.717) is 24.7 Å². The third kappa shape index (κ3) is 4.51. The molecule has 0 aliphatic carbocycles. The second-order valence-corrected chi connectivity index (χ2v) is 8.80. The first-order valence-corrected chi connectivity index (χ1v) is 11.6. The highest BCUT2D eigenvalue weighted by molar-refractivity contribution is 5.80. The van der Waals surface area contributed by atoms with Gasteiger partial charge in [0.25, 0.3) is 5.89 Å². The normalized spacial score (nSPS) is 14.5. The maximum absolute atomic E-state index is 12.6. The Morgan fingerprint density at radius 1 is 1.03 bits per heavy atom. The molecule has 33 heavy (non-hydrogen) atoms. The lowest BCUT2D eigenvalue weighted by Crippen LogP contribution is -2.32. The second-order valence-electron chi connectivity index (χ2n) is 8.80. The minimum Gasteiger partial charge on any atom is -0.343 e. The van der Waals surface area contributed by atoms with Crippen molar-refractivity contribution in [3.05, 3.63) is 47.5 Å². The van der Waals surface area contributed by atoms with Crippen LogP contribution >= 0.6 is 0 Å². The topological polar surface area (TPSA) is 89.9 Å². The molecule has 3 heterocycles. The van der Waals surface area contributed by atoms with Crippen LogP contribution < -0.4 is 0 Å². The van der Waals surface area contributed by atoms with Gasteiger partial charge in [-0.3, -0.25) is 4.79 Å². The molecule has 8 heteroatoms. The zero-order chi connectivity index (χ0) is 22.8. The van der Waals surface area contributed by atoms with Crippen LogP contribution in [-0.4, -0.2) is 49.0 Å². The molecule has 1 fully saturated rings. The van der Waals surface area contributed by atoms with E-state index in [9.17, 15) is 4.79 Å². The lowest BCUT2D eigenvalue weighted by atomic mass is 10.1. The number of hydrogen-bond donors (Lipinski definition) is 0. The Morgan fingerprint density at radius 2 is 1.85 bits per heavy atom. The van der Waals surface area contributed by atoms with Gasteiger partial charge in [-0.05, 0) is 56.5 Å². The van der Waals surface area contributed by atoms with Crippen LogP contribution in [0.3, 0.4) is 0 Å². The van der Waals surface area contributed by atoms with Crippen LogP contribution in [0.25, 0.3) is 33.9 Å². The van der Waals surface area contributed by atoms with Crippen LogP contribution in [0.1, 0.15) is 43.2 Å². The first-order valence-electron chi connectivity index (χ1n) is 11.6. The Balaban J connectivity index is 1.31. The van der Waals surface area contributed by atoms with E-state index >= 15 is 0 Å². The highest BCUT2D eigenvalue weighted by Gasteiger charge is 2.17. The highest BCUT2D eigenvalue weighted by atomic mass is 16.5. The Hall–Kier alpha value is -3.55. The monoisotopic (exact) mass is 444 g/mol. The Labute approximate surface area is 192 Å². The molecule has 1 amide bonds. The zero-order valence-electron chi connectivity index (χ0n) is 19.1. The van der Waals surface area contributed by atoms with E-state index < -0.39 is 0 Å². The van der Waals surface area contributed by atoms with Gasteiger partial charge < -0.3 is 9.42 Å². The number of carbonyl (C=O) groups is 1. The molecular formula is C25H28N6O2. The zero-order valence-corrected chi connectivity index (χ0v) is 19.1. The standard InChI is InChI=1S/C25H28N6O2/c1-17-7-9-20(18(2)15-17)25-26-24(28-33-25)19-8-10-22-21(16-19)27-29-31(22)14-11-23(32)30-12-5-3-4-6-13-30/h7-10,15-16H,3-6,11-14H2,1-2H3. The van der Waals surface area contributed by atoms with Crippen molar-refractivity contribution in [2.75, 3.05) is 13.1 Å². The van der Waals surface area contributed by atoms with Gasteiger partial charge in [-0.1, -0.05) is 40.9 Å². The summed E-state index contributed by atoms with van der Waals surface area (Å²) in [6.45, 7) is 6.35. The van der Waals surface area contributed by atoms with Gasteiger partial charge in [0.05, 0.1) is 12.1 Å². The largest absolute Gasteiger partial charge is 0.343 e. The summed E-state index contributed by atoms with van der Waals surface area (Å²) in [4.78, 5) is 19.2. The van der Waals surface area contributed by atoms with Gasteiger partial charge in [-0.15, -0.1) is 5.10 Å². The maximum Gasteiger partial charge on any atom is 0.258 e. The number of benzene rings is 2. The van der Waals surface area contributed by atoms with Crippen molar-refractivity contribution in [3.63, 3.8) is 0 Å². The van der Waals surface area contributed by atoms with Gasteiger partial charge in [0.1, 0.15) is 5.52 Å². The summed E-state index contributed by atoms with van der Waals surface area (Å²) in [6.07, 6.45) is 5.06. The maximum atomic E-state index is 12.6. The molecule has 170 valence electrons. The summed E-state index contributed by atoms with van der Waals surface area (Å²) >= 11 is 0. The predicted molar refractivity (Wildman–Crippen MR) is 125 cm³/mol. The van der Waals surface area contributed by atoms with Crippen LogP contribution in [0.2, 0.25) is 0 Å². The van der Waals surface area contributed by atoms with E-state index in [4.69, 9.17) is 4.52 Å². The van der Waals surface area contributed by atoms with Crippen molar-refractivity contribution in [3.8, 4) is 22.8 Å². The van der Waals surface area contributed by atoms with Crippen LogP contribution in [0.4, 0.5) is 0 Å². The van der Waals surface area contributed by atoms with Crippen molar-refractivity contribution in [1.29, 1.82) is 0 Å². The average molecular weight is 445 g/mol. The fourth-order valence-electron chi connectivity index (χ4n) is 4.46. The highest BCUT2D eigenvalue weighted by Crippen LogP contribution is 2.27. The number of hydrogen-bond acceptors (Lipinski definition) is 6. The molecule has 0 spiro atoms. The number of fused-ring (bicyclic) bond motifs is 1. The molecule has 0 radical (unpaired) electrons. The molecule has 1 aliphatic heterocycles. The van der Waals surface area contributed by atoms with Crippen molar-refractivity contribution >= 4 is 16.9 Å². The fraction of sp³-hybridized carbons (Fsp3) is 0.400. The molecule has 1 aliphatic rings. The van der Waals surface area contributed by atoms with E-state index in [2.05, 4.69) is 33.4 Å². The number of nitrogens with zero attached hydrogens (tertiary/aromatic N) is 6. The van der Waals surface area contributed by atoms with E-state index in [1.54, 1.807) is 4.68 Å². The van der Waals surface area contributed by atoms with Crippen molar-refractivity contribution in [1.82, 2.24) is 30.0 Å². The summed E-state index contributed by atoms with van der Waals surface area (Å²) in [5.74, 6) is 1.21. The van der Waals surface area contributed by atoms with E-state index in [1.165, 1.54) is 18.4 Å². The average Bonchev–Trinajstić information content (AvgIpc) is 3.36. The number of rotatable bonds is 5. The molecule has 4 aromatic rings. The molecule has 0 saturated carbocycles. The minimum absolute atomic E-state index is 0.197. The van der Waals surface area contributed by atoms with Crippen molar-refractivity contribution < 1.29 is 9.32 Å². The number of aryl methyl sites for hydroxylation is 3. The number of amides is 1. The first-order chi connectivity index (χ1) is 16.1. The van der Waals surface area contributed by atoms with Gasteiger partial charge in [-0.2, -0.15) is 4.98 Å². The number of aromatic nitrogens is 5. The Morgan fingerprint density at radius 3 is 2.64 bits per heavy atom. The Kier molecular flexibility index (Phi) is 5.90. The summed E-state index contributed by atoms with van der Waals surface area (Å²) in [6, 6.07) is 11.9. The van der Waals surface area contributed by atoms with E-state index in [0.717, 1.165) is 53.7 Å². The smallest absolute Gasteiger partial charge is 0.258 e. The molecule has 0 bridgehead atoms. The lowest BCUT2D eigenvalue weighted by molar-refractivity contribution is -0.131. The van der Waals surface area contributed by atoms with Crippen LogP contribution in [-0.2, 0) is 11.3 Å². The van der Waals surface area contributed by atoms with Gasteiger partial charge >= 0.3 is 0 Å². The SMILES string of the molecule is Cc1ccc(-c2nc(-c3ccc4c(c3)nnn4CCC(=O)N3CCCCCC3)no2)c(C)c1. The van der Waals surface area contributed by atoms with Gasteiger partial charge in [0, 0.05) is 30.6 Å². The third-order valence-electron chi connectivity index (χ3n) is 6.31. The van der Waals surface area contributed by atoms with E-state index in [-0.39, 0.29) is 5.91 Å². The quantitative estimate of drug-likeness (QED) is 0.448. The predicted octanol–water partition coefficient (Wildman–Crippen LogP) is 4.56. The van der Waals surface area contributed by atoms with Gasteiger partial charge in [-0.25, -0.2) is 4.68 Å². The second kappa shape index (κ2) is 9.13. The molecule has 0 unspecified atom stereocenters. The fourth-order valence-corrected chi connectivity index (χ4v) is 4.46. The molecular weight excluding hydrogens is 416 g/mol. The third-order valence-corrected chi connectivity index (χ3v) is 6.31. The number of likely N-dealkylation sites (tertiary alicyclic amines) is 1. The number of carbonyl (C=O) groups excluding carboxylic acids is 1. The van der Waals surface area contributed by atoms with Crippen molar-refractivity contribution in [2.24, 2.45) is 0 Å². The van der Waals surface area contributed by atoms with Crippen LogP contribution in [0.5, 0.6) is 0 Å². The summed E-state index contributed by atoms with van der Waals surface area (Å²) in [7, 11) is 0. The molecule has 2 aromatic carbocycles. The molecule has 1 saturated heterocycles. The van der Waals surface area contributed by atoms with E-state index in [1.807, 2.05) is 42.2 Å². The summed E-state index contributed by atoms with van der Waals surface area (Å²) in [5.41, 5.74) is 5.67. The summed E-state index contributed by atoms with van der Waals surface area (Å²) < 4.78 is 7.33. The first kappa shape index (κ1) is 21.3. The summed E-state index contributed by atoms with van der Waals surface area (Å²) in [5, 5.41) is 12.7. The van der Waals surface area contributed by atoms with Crippen LogP contribution in [0, 0.1) is 13.8 Å². The van der Waals surface area contributed by atoms with Gasteiger partial charge in [0.2, 0.25) is 11.7 Å². The lowest BCUT2D eigenvalue weighted by Gasteiger charge is -2.20. The van der Waals surface area contributed by atoms with Gasteiger partial charge in [0.15, 0.2) is 0 Å². The molecule has 0 N–H and O–H groups in total. The van der Waals surface area contributed by atoms with Crippen LogP contribution in [0.15, 0.2) is 40.9 Å². The molecule has 2 aromatic heterocycles. The molecule has 0 atom stereocenters. The van der Waals surface area contributed by atoms with Crippen molar-refractivity contribution in [2.45, 2.75) is 52.5 Å². The Bertz CT molecular complexity index is 1280.